The monoisotopic (exact) mass is 524 g/mol. The van der Waals surface area contributed by atoms with Gasteiger partial charge in [-0.1, -0.05) is 43.0 Å². The second-order valence-electron chi connectivity index (χ2n) is 11.3. The van der Waals surface area contributed by atoms with Crippen molar-refractivity contribution >= 4 is 17.8 Å². The molecule has 4 aliphatic rings. The lowest BCUT2D eigenvalue weighted by molar-refractivity contribution is -0.128. The predicted molar refractivity (Wildman–Crippen MR) is 150 cm³/mol. The van der Waals surface area contributed by atoms with Gasteiger partial charge in [-0.2, -0.15) is 15.2 Å². The lowest BCUT2D eigenvalue weighted by atomic mass is 9.70. The fourth-order valence-electron chi connectivity index (χ4n) is 6.86. The molecule has 8 nitrogen and oxygen atoms in total. The summed E-state index contributed by atoms with van der Waals surface area (Å²) in [6.45, 7) is 7.03. The molecule has 202 valence electrons. The molecule has 0 bridgehead atoms. The molecule has 1 aromatic carbocycles. The summed E-state index contributed by atoms with van der Waals surface area (Å²) in [4.78, 5) is 28.8. The van der Waals surface area contributed by atoms with Crippen LogP contribution in [-0.4, -0.2) is 77.6 Å². The van der Waals surface area contributed by atoms with E-state index in [9.17, 15) is 10.1 Å². The standard InChI is InChI=1S/C31H36N6O2/c1-3-28(38)37-18-17-36(20-23(37)12-15-32)29-25-11-14-31(13-10-22-7-4-5-9-26(22)31)19-27(25)33-30(34-29)39-21-24-8-6-16-35(24)2/h3-5,7,9-10,13,23-24H,1,6,8,11-12,14,16-21H2,2H3/t23-,24-,31-/m0/s1. The van der Waals surface area contributed by atoms with Crippen molar-refractivity contribution in [3.8, 4) is 12.1 Å². The highest BCUT2D eigenvalue weighted by Gasteiger charge is 2.41. The molecule has 6 rings (SSSR count). The Bertz CT molecular complexity index is 1350. The Labute approximate surface area is 230 Å². The second kappa shape index (κ2) is 10.5. The predicted octanol–water partition coefficient (Wildman–Crippen LogP) is 3.52. The van der Waals surface area contributed by atoms with E-state index in [-0.39, 0.29) is 23.8 Å². The molecule has 8 heteroatoms. The number of hydrogen-bond acceptors (Lipinski definition) is 7. The summed E-state index contributed by atoms with van der Waals surface area (Å²) in [6.07, 6.45) is 11.2. The maximum atomic E-state index is 12.5. The van der Waals surface area contributed by atoms with Gasteiger partial charge in [0.05, 0.1) is 24.2 Å². The topological polar surface area (TPSA) is 85.6 Å². The molecule has 39 heavy (non-hydrogen) atoms. The van der Waals surface area contributed by atoms with Gasteiger partial charge in [-0.05, 0) is 56.5 Å². The quantitative estimate of drug-likeness (QED) is 0.535. The van der Waals surface area contributed by atoms with Crippen LogP contribution in [-0.2, 0) is 23.1 Å². The average Bonchev–Trinajstić information content (AvgIpc) is 3.54. The molecule has 1 aromatic heterocycles. The third-order valence-electron chi connectivity index (χ3n) is 9.08. The Morgan fingerprint density at radius 3 is 2.92 bits per heavy atom. The molecule has 2 aliphatic carbocycles. The first-order chi connectivity index (χ1) is 19.0. The third-order valence-corrected chi connectivity index (χ3v) is 9.08. The van der Waals surface area contributed by atoms with Crippen molar-refractivity contribution in [3.63, 3.8) is 0 Å². The smallest absolute Gasteiger partial charge is 0.318 e. The first-order valence-corrected chi connectivity index (χ1v) is 14.1. The summed E-state index contributed by atoms with van der Waals surface area (Å²) in [6, 6.07) is 11.5. The Hall–Kier alpha value is -3.70. The van der Waals surface area contributed by atoms with Crippen LogP contribution < -0.4 is 9.64 Å². The van der Waals surface area contributed by atoms with Gasteiger partial charge < -0.3 is 19.4 Å². The van der Waals surface area contributed by atoms with E-state index in [2.05, 4.69) is 65.9 Å². The van der Waals surface area contributed by atoms with E-state index >= 15 is 0 Å². The summed E-state index contributed by atoms with van der Waals surface area (Å²) in [7, 11) is 2.15. The first-order valence-electron chi connectivity index (χ1n) is 14.1. The largest absolute Gasteiger partial charge is 0.462 e. The molecular weight excluding hydrogens is 488 g/mol. The number of amides is 1. The van der Waals surface area contributed by atoms with Gasteiger partial charge in [0.25, 0.3) is 0 Å². The van der Waals surface area contributed by atoms with Crippen LogP contribution in [0.5, 0.6) is 6.01 Å². The Morgan fingerprint density at radius 1 is 1.26 bits per heavy atom. The van der Waals surface area contributed by atoms with Gasteiger partial charge in [-0.3, -0.25) is 4.79 Å². The molecule has 3 atom stereocenters. The molecule has 0 unspecified atom stereocenters. The van der Waals surface area contributed by atoms with Crippen LogP contribution in [0.3, 0.4) is 0 Å². The minimum absolute atomic E-state index is 0.0590. The number of rotatable bonds is 6. The molecule has 2 fully saturated rings. The maximum Gasteiger partial charge on any atom is 0.318 e. The molecule has 0 radical (unpaired) electrons. The minimum Gasteiger partial charge on any atom is -0.462 e. The number of anilines is 1. The van der Waals surface area contributed by atoms with E-state index in [1.54, 1.807) is 4.90 Å². The van der Waals surface area contributed by atoms with Gasteiger partial charge in [0.15, 0.2) is 0 Å². The number of ether oxygens (including phenoxy) is 1. The van der Waals surface area contributed by atoms with E-state index < -0.39 is 0 Å². The van der Waals surface area contributed by atoms with Gasteiger partial charge in [0, 0.05) is 43.1 Å². The average molecular weight is 525 g/mol. The molecule has 0 N–H and O–H groups in total. The zero-order valence-corrected chi connectivity index (χ0v) is 22.7. The first kappa shape index (κ1) is 25.6. The molecule has 2 saturated heterocycles. The minimum atomic E-state index is -0.212. The molecule has 1 amide bonds. The van der Waals surface area contributed by atoms with Crippen molar-refractivity contribution < 1.29 is 9.53 Å². The summed E-state index contributed by atoms with van der Waals surface area (Å²) < 4.78 is 6.29. The highest BCUT2D eigenvalue weighted by Crippen LogP contribution is 2.46. The van der Waals surface area contributed by atoms with Crippen LogP contribution >= 0.6 is 0 Å². The van der Waals surface area contributed by atoms with Crippen LogP contribution in [0.15, 0.2) is 43.0 Å². The zero-order chi connectivity index (χ0) is 27.0. The highest BCUT2D eigenvalue weighted by atomic mass is 16.5. The van der Waals surface area contributed by atoms with Gasteiger partial charge >= 0.3 is 6.01 Å². The van der Waals surface area contributed by atoms with Gasteiger partial charge in [0.1, 0.15) is 12.4 Å². The Kier molecular flexibility index (Phi) is 6.86. The SMILES string of the molecule is C=CC(=O)N1CCN(c2nc(OC[C@@H]3CCCN3C)nc3c2CC[C@@]2(C=Cc4ccccc42)C3)C[C@@H]1CC#N. The summed E-state index contributed by atoms with van der Waals surface area (Å²) in [5.41, 5.74) is 4.82. The van der Waals surface area contributed by atoms with Gasteiger partial charge in [-0.15, -0.1) is 0 Å². The number of nitrogens with zero attached hydrogens (tertiary/aromatic N) is 6. The number of nitriles is 1. The van der Waals surface area contributed by atoms with Crippen molar-refractivity contribution in [2.24, 2.45) is 0 Å². The molecule has 3 heterocycles. The Morgan fingerprint density at radius 2 is 2.13 bits per heavy atom. The molecule has 0 saturated carbocycles. The zero-order valence-electron chi connectivity index (χ0n) is 22.7. The number of allylic oxidation sites excluding steroid dienone is 1. The van der Waals surface area contributed by atoms with E-state index in [0.717, 1.165) is 43.7 Å². The van der Waals surface area contributed by atoms with E-state index in [4.69, 9.17) is 14.7 Å². The molecule has 1 spiro atoms. The van der Waals surface area contributed by atoms with Crippen LogP contribution in [0, 0.1) is 11.3 Å². The summed E-state index contributed by atoms with van der Waals surface area (Å²) >= 11 is 0. The molecular formula is C31H36N6O2. The normalized spacial score (nSPS) is 25.8. The third kappa shape index (κ3) is 4.70. The fraction of sp³-hybridized carbons (Fsp3) is 0.484. The number of hydrogen-bond donors (Lipinski definition) is 0. The fourth-order valence-corrected chi connectivity index (χ4v) is 6.86. The number of aromatic nitrogens is 2. The number of carbonyl (C=O) groups is 1. The number of benzene rings is 1. The molecule has 2 aromatic rings. The van der Waals surface area contributed by atoms with Gasteiger partial charge in [-0.25, -0.2) is 0 Å². The van der Waals surface area contributed by atoms with Crippen molar-refractivity contribution in [1.29, 1.82) is 5.26 Å². The second-order valence-corrected chi connectivity index (χ2v) is 11.3. The highest BCUT2D eigenvalue weighted by molar-refractivity contribution is 5.87. The van der Waals surface area contributed by atoms with Crippen LogP contribution in [0.25, 0.3) is 6.08 Å². The molecule has 2 aliphatic heterocycles. The number of fused-ring (bicyclic) bond motifs is 3. The van der Waals surface area contributed by atoms with Gasteiger partial charge in [0.2, 0.25) is 5.91 Å². The van der Waals surface area contributed by atoms with E-state index in [0.29, 0.717) is 38.3 Å². The van der Waals surface area contributed by atoms with Crippen LogP contribution in [0.4, 0.5) is 5.82 Å². The van der Waals surface area contributed by atoms with Crippen molar-refractivity contribution in [2.75, 3.05) is 44.7 Å². The lowest BCUT2D eigenvalue weighted by Gasteiger charge is -2.42. The number of likely N-dealkylation sites (N-methyl/N-ethyl adjacent to an activating group) is 1. The Balaban J connectivity index is 1.34. The van der Waals surface area contributed by atoms with E-state index in [1.807, 2.05) is 0 Å². The van der Waals surface area contributed by atoms with E-state index in [1.165, 1.54) is 29.2 Å². The summed E-state index contributed by atoms with van der Waals surface area (Å²) in [5.74, 6) is 0.770. The lowest BCUT2D eigenvalue weighted by Crippen LogP contribution is -2.55. The number of likely N-dealkylation sites (tertiary alicyclic amines) is 1. The maximum absolute atomic E-state index is 12.5. The van der Waals surface area contributed by atoms with Crippen molar-refractivity contribution in [1.82, 2.24) is 19.8 Å². The van der Waals surface area contributed by atoms with Crippen molar-refractivity contribution in [3.05, 3.63) is 65.4 Å². The van der Waals surface area contributed by atoms with Crippen molar-refractivity contribution in [2.45, 2.75) is 56.0 Å². The number of piperazine rings is 1. The van der Waals surface area contributed by atoms with Crippen LogP contribution in [0.1, 0.15) is 48.1 Å². The summed E-state index contributed by atoms with van der Waals surface area (Å²) in [5, 5.41) is 9.49. The number of carbonyl (C=O) groups excluding carboxylic acids is 1. The van der Waals surface area contributed by atoms with Crippen LogP contribution in [0.2, 0.25) is 0 Å².